The number of rotatable bonds is 4. The number of fused-ring (bicyclic) bond motifs is 1. The molecule has 1 aliphatic heterocycles. The number of para-hydroxylation sites is 1. The SMILES string of the molecule is Cn1nc(C2CCN(C(=O)OC(C)(C)C)CC2)nc1NC(=O)NCc1cc2ccccc2[nH]1. The lowest BCUT2D eigenvalue weighted by molar-refractivity contribution is 0.0203. The minimum atomic E-state index is -0.508. The summed E-state index contributed by atoms with van der Waals surface area (Å²) in [6.45, 7) is 7.13. The Kier molecular flexibility index (Phi) is 6.26. The molecule has 10 heteroatoms. The Morgan fingerprint density at radius 2 is 1.94 bits per heavy atom. The van der Waals surface area contributed by atoms with Crippen molar-refractivity contribution in [2.45, 2.75) is 51.7 Å². The zero-order chi connectivity index (χ0) is 23.6. The second kappa shape index (κ2) is 9.13. The molecule has 0 radical (unpaired) electrons. The highest BCUT2D eigenvalue weighted by Gasteiger charge is 2.29. The molecule has 0 aliphatic carbocycles. The number of urea groups is 1. The molecule has 0 atom stereocenters. The number of aromatic amines is 1. The van der Waals surface area contributed by atoms with Gasteiger partial charge in [-0.2, -0.15) is 10.1 Å². The van der Waals surface area contributed by atoms with Crippen LogP contribution in [0.5, 0.6) is 0 Å². The van der Waals surface area contributed by atoms with Crippen LogP contribution in [0.25, 0.3) is 10.9 Å². The van der Waals surface area contributed by atoms with Crippen LogP contribution < -0.4 is 10.6 Å². The van der Waals surface area contributed by atoms with E-state index in [1.165, 1.54) is 0 Å². The third kappa shape index (κ3) is 5.63. The first-order valence-electron chi connectivity index (χ1n) is 11.2. The molecular weight excluding hydrogens is 422 g/mol. The Labute approximate surface area is 192 Å². The first-order valence-corrected chi connectivity index (χ1v) is 11.2. The third-order valence-corrected chi connectivity index (χ3v) is 5.54. The molecule has 1 aromatic carbocycles. The van der Waals surface area contributed by atoms with E-state index in [-0.39, 0.29) is 18.0 Å². The van der Waals surface area contributed by atoms with Crippen LogP contribution in [0, 0.1) is 0 Å². The van der Waals surface area contributed by atoms with Gasteiger partial charge in [0.05, 0.1) is 6.54 Å². The number of nitrogens with zero attached hydrogens (tertiary/aromatic N) is 4. The standard InChI is InChI=1S/C23H31N7O3/c1-23(2,3)33-22(32)30-11-9-15(10-12-30)19-26-20(29(4)28-19)27-21(31)24-14-17-13-16-7-5-6-8-18(16)25-17/h5-8,13,15,25H,9-12,14H2,1-4H3,(H2,24,26,27,28,31). The number of nitrogens with one attached hydrogen (secondary N) is 3. The number of H-pyrrole nitrogens is 1. The number of carbonyl (C=O) groups is 2. The Balaban J connectivity index is 1.29. The molecule has 3 aromatic rings. The molecule has 1 aliphatic rings. The number of amides is 3. The van der Waals surface area contributed by atoms with E-state index in [4.69, 9.17) is 4.74 Å². The molecular formula is C23H31N7O3. The number of hydrogen-bond acceptors (Lipinski definition) is 5. The van der Waals surface area contributed by atoms with E-state index in [0.29, 0.717) is 31.4 Å². The van der Waals surface area contributed by atoms with Gasteiger partial charge in [0, 0.05) is 37.3 Å². The van der Waals surface area contributed by atoms with Crippen molar-refractivity contribution in [2.24, 2.45) is 7.05 Å². The molecule has 1 saturated heterocycles. The summed E-state index contributed by atoms with van der Waals surface area (Å²) in [5, 5.41) is 11.2. The quantitative estimate of drug-likeness (QED) is 0.556. The Morgan fingerprint density at radius 1 is 1.21 bits per heavy atom. The van der Waals surface area contributed by atoms with Crippen LogP contribution in [0.4, 0.5) is 15.5 Å². The third-order valence-electron chi connectivity index (χ3n) is 5.54. The van der Waals surface area contributed by atoms with E-state index in [9.17, 15) is 9.59 Å². The van der Waals surface area contributed by atoms with Crippen LogP contribution in [0.3, 0.4) is 0 Å². The van der Waals surface area contributed by atoms with Gasteiger partial charge in [-0.15, -0.1) is 0 Å². The highest BCUT2D eigenvalue weighted by atomic mass is 16.6. The maximum atomic E-state index is 12.4. The van der Waals surface area contributed by atoms with Gasteiger partial charge in [-0.05, 0) is 51.1 Å². The summed E-state index contributed by atoms with van der Waals surface area (Å²) in [5.74, 6) is 1.18. The van der Waals surface area contributed by atoms with Gasteiger partial charge in [-0.3, -0.25) is 5.32 Å². The second-order valence-corrected chi connectivity index (χ2v) is 9.35. The molecule has 4 rings (SSSR count). The number of anilines is 1. The zero-order valence-corrected chi connectivity index (χ0v) is 19.5. The molecule has 3 N–H and O–H groups in total. The number of aromatic nitrogens is 4. The van der Waals surface area contributed by atoms with E-state index in [0.717, 1.165) is 29.4 Å². The van der Waals surface area contributed by atoms with Gasteiger partial charge in [0.1, 0.15) is 5.60 Å². The minimum Gasteiger partial charge on any atom is -0.444 e. The highest BCUT2D eigenvalue weighted by molar-refractivity contribution is 5.87. The first kappa shape index (κ1) is 22.6. The van der Waals surface area contributed by atoms with Crippen LogP contribution in [0.1, 0.15) is 51.0 Å². The van der Waals surface area contributed by atoms with Crippen LogP contribution in [-0.4, -0.2) is 55.5 Å². The Hall–Kier alpha value is -3.56. The van der Waals surface area contributed by atoms with Crippen molar-refractivity contribution in [2.75, 3.05) is 18.4 Å². The number of ether oxygens (including phenoxy) is 1. The van der Waals surface area contributed by atoms with Crippen molar-refractivity contribution < 1.29 is 14.3 Å². The van der Waals surface area contributed by atoms with Crippen LogP contribution in [0.15, 0.2) is 30.3 Å². The maximum absolute atomic E-state index is 12.4. The molecule has 0 saturated carbocycles. The van der Waals surface area contributed by atoms with E-state index in [1.807, 2.05) is 51.1 Å². The molecule has 1 fully saturated rings. The van der Waals surface area contributed by atoms with Crippen molar-refractivity contribution in [1.29, 1.82) is 0 Å². The van der Waals surface area contributed by atoms with Crippen molar-refractivity contribution >= 4 is 29.0 Å². The van der Waals surface area contributed by atoms with Gasteiger partial charge in [-0.25, -0.2) is 14.3 Å². The van der Waals surface area contributed by atoms with E-state index >= 15 is 0 Å². The van der Waals surface area contributed by atoms with Crippen molar-refractivity contribution in [3.05, 3.63) is 41.9 Å². The normalized spacial score (nSPS) is 15.0. The lowest BCUT2D eigenvalue weighted by atomic mass is 9.96. The fourth-order valence-corrected chi connectivity index (χ4v) is 3.88. The number of carbonyl (C=O) groups excluding carboxylic acids is 2. The van der Waals surface area contributed by atoms with Gasteiger partial charge in [0.2, 0.25) is 5.95 Å². The molecule has 3 heterocycles. The van der Waals surface area contributed by atoms with E-state index in [1.54, 1.807) is 16.6 Å². The van der Waals surface area contributed by atoms with Crippen molar-refractivity contribution in [3.8, 4) is 0 Å². The minimum absolute atomic E-state index is 0.125. The second-order valence-electron chi connectivity index (χ2n) is 9.35. The van der Waals surface area contributed by atoms with Gasteiger partial charge < -0.3 is 19.9 Å². The number of piperidine rings is 1. The van der Waals surface area contributed by atoms with E-state index in [2.05, 4.69) is 25.7 Å². The summed E-state index contributed by atoms with van der Waals surface area (Å²) in [6.07, 6.45) is 1.20. The average Bonchev–Trinajstić information content (AvgIpc) is 3.34. The van der Waals surface area contributed by atoms with Crippen LogP contribution in [0.2, 0.25) is 0 Å². The summed E-state index contributed by atoms with van der Waals surface area (Å²) in [4.78, 5) is 34.2. The van der Waals surface area contributed by atoms with Crippen LogP contribution >= 0.6 is 0 Å². The zero-order valence-electron chi connectivity index (χ0n) is 19.5. The molecule has 0 unspecified atom stereocenters. The molecule has 33 heavy (non-hydrogen) atoms. The fraction of sp³-hybridized carbons (Fsp3) is 0.478. The van der Waals surface area contributed by atoms with E-state index < -0.39 is 5.60 Å². The largest absolute Gasteiger partial charge is 0.444 e. The van der Waals surface area contributed by atoms with Crippen molar-refractivity contribution in [1.82, 2.24) is 30.0 Å². The summed E-state index contributed by atoms with van der Waals surface area (Å²) in [6, 6.07) is 9.63. The number of benzene rings is 1. The number of likely N-dealkylation sites (tertiary alicyclic amines) is 1. The Bertz CT molecular complexity index is 1100. The topological polar surface area (TPSA) is 117 Å². The number of aryl methyl sites for hydroxylation is 1. The fourth-order valence-electron chi connectivity index (χ4n) is 3.88. The summed E-state index contributed by atoms with van der Waals surface area (Å²) in [7, 11) is 1.75. The summed E-state index contributed by atoms with van der Waals surface area (Å²) < 4.78 is 7.02. The molecule has 176 valence electrons. The summed E-state index contributed by atoms with van der Waals surface area (Å²) in [5.41, 5.74) is 1.44. The molecule has 2 aromatic heterocycles. The molecule has 0 bridgehead atoms. The number of hydrogen-bond donors (Lipinski definition) is 3. The lowest BCUT2D eigenvalue weighted by Gasteiger charge is -2.32. The van der Waals surface area contributed by atoms with Gasteiger partial charge in [0.15, 0.2) is 5.82 Å². The van der Waals surface area contributed by atoms with Crippen LogP contribution in [-0.2, 0) is 18.3 Å². The van der Waals surface area contributed by atoms with Gasteiger partial charge in [0.25, 0.3) is 0 Å². The molecule has 0 spiro atoms. The van der Waals surface area contributed by atoms with Gasteiger partial charge in [-0.1, -0.05) is 18.2 Å². The molecule has 10 nitrogen and oxygen atoms in total. The average molecular weight is 454 g/mol. The van der Waals surface area contributed by atoms with Gasteiger partial charge >= 0.3 is 12.1 Å². The monoisotopic (exact) mass is 453 g/mol. The molecule has 3 amide bonds. The predicted molar refractivity (Wildman–Crippen MR) is 125 cm³/mol. The Morgan fingerprint density at radius 3 is 2.64 bits per heavy atom. The van der Waals surface area contributed by atoms with Crippen molar-refractivity contribution in [3.63, 3.8) is 0 Å². The lowest BCUT2D eigenvalue weighted by Crippen LogP contribution is -2.41. The summed E-state index contributed by atoms with van der Waals surface area (Å²) >= 11 is 0. The maximum Gasteiger partial charge on any atom is 0.410 e. The highest BCUT2D eigenvalue weighted by Crippen LogP contribution is 2.27. The predicted octanol–water partition coefficient (Wildman–Crippen LogP) is 3.73. The first-order chi connectivity index (χ1) is 15.7. The smallest absolute Gasteiger partial charge is 0.410 e.